The van der Waals surface area contributed by atoms with E-state index in [0.717, 1.165) is 19.0 Å². The lowest BCUT2D eigenvalue weighted by atomic mass is 10.0. The molecule has 0 spiro atoms. The monoisotopic (exact) mass is 289 g/mol. The van der Waals surface area contributed by atoms with Crippen molar-refractivity contribution >= 4 is 27.3 Å². The highest BCUT2D eigenvalue weighted by Gasteiger charge is 2.07. The lowest BCUT2D eigenvalue weighted by molar-refractivity contribution is 0.501. The summed E-state index contributed by atoms with van der Waals surface area (Å²) in [5.41, 5.74) is 0. The minimum atomic E-state index is 0.768. The fraction of sp³-hybridized carbons (Fsp3) is 0.667. The van der Waals surface area contributed by atoms with Crippen LogP contribution < -0.4 is 5.32 Å². The summed E-state index contributed by atoms with van der Waals surface area (Å²) in [6.45, 7) is 6.84. The van der Waals surface area contributed by atoms with Gasteiger partial charge in [-0.15, -0.1) is 11.3 Å². The second-order valence-corrected chi connectivity index (χ2v) is 5.89. The van der Waals surface area contributed by atoms with Crippen LogP contribution in [0.4, 0.5) is 0 Å². The van der Waals surface area contributed by atoms with Crippen molar-refractivity contribution in [2.24, 2.45) is 5.92 Å². The molecular weight excluding hydrogens is 270 g/mol. The predicted molar refractivity (Wildman–Crippen MR) is 72.7 cm³/mol. The molecule has 0 amide bonds. The Kier molecular flexibility index (Phi) is 6.53. The molecule has 0 saturated heterocycles. The first-order valence-corrected chi connectivity index (χ1v) is 7.34. The standard InChI is InChI=1S/C12H20BrNS/c1-3-6-14-7-4-10(2)9-12-11(13)5-8-15-12/h5,8,10,14H,3-4,6-7,9H2,1-2H3. The maximum absolute atomic E-state index is 3.58. The number of thiophene rings is 1. The first-order valence-electron chi connectivity index (χ1n) is 5.66. The topological polar surface area (TPSA) is 12.0 Å². The van der Waals surface area contributed by atoms with E-state index in [1.54, 1.807) is 0 Å². The van der Waals surface area contributed by atoms with Gasteiger partial charge in [0.05, 0.1) is 0 Å². The third-order valence-electron chi connectivity index (χ3n) is 2.47. The van der Waals surface area contributed by atoms with Crippen molar-refractivity contribution in [3.8, 4) is 0 Å². The van der Waals surface area contributed by atoms with Gasteiger partial charge < -0.3 is 5.32 Å². The third kappa shape index (κ3) is 5.14. The Labute approximate surface area is 105 Å². The Morgan fingerprint density at radius 2 is 2.27 bits per heavy atom. The molecule has 15 heavy (non-hydrogen) atoms. The third-order valence-corrected chi connectivity index (χ3v) is 4.41. The minimum Gasteiger partial charge on any atom is -0.317 e. The lowest BCUT2D eigenvalue weighted by Gasteiger charge is -2.10. The molecule has 3 heteroatoms. The van der Waals surface area contributed by atoms with Crippen LogP contribution in [-0.2, 0) is 6.42 Å². The summed E-state index contributed by atoms with van der Waals surface area (Å²) in [6.07, 6.45) is 3.70. The van der Waals surface area contributed by atoms with E-state index in [1.165, 1.54) is 28.6 Å². The quantitative estimate of drug-likeness (QED) is 0.746. The zero-order chi connectivity index (χ0) is 11.1. The Morgan fingerprint density at radius 1 is 1.47 bits per heavy atom. The first-order chi connectivity index (χ1) is 7.24. The number of hydrogen-bond acceptors (Lipinski definition) is 2. The van der Waals surface area contributed by atoms with Gasteiger partial charge in [-0.25, -0.2) is 0 Å². The number of hydrogen-bond donors (Lipinski definition) is 1. The molecule has 0 aliphatic heterocycles. The highest BCUT2D eigenvalue weighted by Crippen LogP contribution is 2.26. The number of halogens is 1. The summed E-state index contributed by atoms with van der Waals surface area (Å²) in [6, 6.07) is 2.14. The number of rotatable bonds is 7. The largest absolute Gasteiger partial charge is 0.317 e. The van der Waals surface area contributed by atoms with Crippen molar-refractivity contribution in [3.63, 3.8) is 0 Å². The van der Waals surface area contributed by atoms with Gasteiger partial charge in [0, 0.05) is 9.35 Å². The predicted octanol–water partition coefficient (Wildman–Crippen LogP) is 4.08. The van der Waals surface area contributed by atoms with Gasteiger partial charge in [0.15, 0.2) is 0 Å². The van der Waals surface area contributed by atoms with Crippen LogP contribution in [-0.4, -0.2) is 13.1 Å². The fourth-order valence-corrected chi connectivity index (χ4v) is 3.22. The van der Waals surface area contributed by atoms with E-state index in [2.05, 4.69) is 46.5 Å². The van der Waals surface area contributed by atoms with Crippen molar-refractivity contribution in [1.82, 2.24) is 5.32 Å². The molecule has 0 aliphatic rings. The smallest absolute Gasteiger partial charge is 0.0314 e. The van der Waals surface area contributed by atoms with E-state index in [0.29, 0.717) is 0 Å². The molecule has 0 bridgehead atoms. The highest BCUT2D eigenvalue weighted by atomic mass is 79.9. The fourth-order valence-electron chi connectivity index (χ4n) is 1.54. The van der Waals surface area contributed by atoms with Crippen LogP contribution in [0.25, 0.3) is 0 Å². The molecule has 1 heterocycles. The Balaban J connectivity index is 2.18. The van der Waals surface area contributed by atoms with Crippen molar-refractivity contribution in [1.29, 1.82) is 0 Å². The van der Waals surface area contributed by atoms with Gasteiger partial charge >= 0.3 is 0 Å². The second kappa shape index (κ2) is 7.42. The molecule has 0 saturated carbocycles. The maximum atomic E-state index is 3.58. The summed E-state index contributed by atoms with van der Waals surface area (Å²) in [5.74, 6) is 0.768. The van der Waals surface area contributed by atoms with Gasteiger partial charge in [-0.2, -0.15) is 0 Å². The van der Waals surface area contributed by atoms with Gasteiger partial charge in [0.25, 0.3) is 0 Å². The SMILES string of the molecule is CCCNCCC(C)Cc1sccc1Br. The van der Waals surface area contributed by atoms with Gasteiger partial charge in [0.1, 0.15) is 0 Å². The molecule has 1 unspecified atom stereocenters. The Morgan fingerprint density at radius 3 is 2.87 bits per heavy atom. The Hall–Kier alpha value is 0.140. The Bertz CT molecular complexity index is 272. The van der Waals surface area contributed by atoms with Crippen LogP contribution >= 0.6 is 27.3 Å². The van der Waals surface area contributed by atoms with Crippen LogP contribution in [0.1, 0.15) is 31.6 Å². The van der Waals surface area contributed by atoms with Crippen molar-refractivity contribution in [2.45, 2.75) is 33.1 Å². The van der Waals surface area contributed by atoms with Crippen LogP contribution in [0.2, 0.25) is 0 Å². The molecular formula is C12H20BrNS. The van der Waals surface area contributed by atoms with E-state index >= 15 is 0 Å². The van der Waals surface area contributed by atoms with Crippen LogP contribution in [0.3, 0.4) is 0 Å². The van der Waals surface area contributed by atoms with Gasteiger partial charge in [-0.3, -0.25) is 0 Å². The molecule has 1 aromatic rings. The summed E-state index contributed by atoms with van der Waals surface area (Å²) in [5, 5.41) is 5.61. The molecule has 0 aliphatic carbocycles. The molecule has 1 N–H and O–H groups in total. The molecule has 1 nitrogen and oxygen atoms in total. The second-order valence-electron chi connectivity index (χ2n) is 4.04. The van der Waals surface area contributed by atoms with E-state index in [-0.39, 0.29) is 0 Å². The molecule has 1 rings (SSSR count). The highest BCUT2D eigenvalue weighted by molar-refractivity contribution is 9.10. The lowest BCUT2D eigenvalue weighted by Crippen LogP contribution is -2.18. The normalized spacial score (nSPS) is 13.0. The molecule has 1 aromatic heterocycles. The van der Waals surface area contributed by atoms with E-state index in [9.17, 15) is 0 Å². The van der Waals surface area contributed by atoms with Gasteiger partial charge in [-0.1, -0.05) is 13.8 Å². The van der Waals surface area contributed by atoms with E-state index in [1.807, 2.05) is 11.3 Å². The molecule has 1 atom stereocenters. The molecule has 0 aromatic carbocycles. The summed E-state index contributed by atoms with van der Waals surface area (Å²) >= 11 is 5.44. The molecule has 0 radical (unpaired) electrons. The minimum absolute atomic E-state index is 0.768. The number of nitrogens with one attached hydrogen (secondary N) is 1. The summed E-state index contributed by atoms with van der Waals surface area (Å²) in [7, 11) is 0. The van der Waals surface area contributed by atoms with Gasteiger partial charge in [0.2, 0.25) is 0 Å². The summed E-state index contributed by atoms with van der Waals surface area (Å²) < 4.78 is 1.28. The van der Waals surface area contributed by atoms with Crippen LogP contribution in [0.15, 0.2) is 15.9 Å². The van der Waals surface area contributed by atoms with E-state index in [4.69, 9.17) is 0 Å². The van der Waals surface area contributed by atoms with Crippen LogP contribution in [0, 0.1) is 5.92 Å². The zero-order valence-electron chi connectivity index (χ0n) is 9.55. The molecule has 0 fully saturated rings. The molecule has 86 valence electrons. The first kappa shape index (κ1) is 13.2. The average Bonchev–Trinajstić information content (AvgIpc) is 2.59. The van der Waals surface area contributed by atoms with Gasteiger partial charge in [-0.05, 0) is 65.6 Å². The van der Waals surface area contributed by atoms with Crippen LogP contribution in [0.5, 0.6) is 0 Å². The van der Waals surface area contributed by atoms with Crippen molar-refractivity contribution in [2.75, 3.05) is 13.1 Å². The van der Waals surface area contributed by atoms with Crippen molar-refractivity contribution < 1.29 is 0 Å². The maximum Gasteiger partial charge on any atom is 0.0314 e. The summed E-state index contributed by atoms with van der Waals surface area (Å²) in [4.78, 5) is 1.48. The van der Waals surface area contributed by atoms with E-state index < -0.39 is 0 Å². The average molecular weight is 290 g/mol. The van der Waals surface area contributed by atoms with Crippen molar-refractivity contribution in [3.05, 3.63) is 20.8 Å². The zero-order valence-corrected chi connectivity index (χ0v) is 12.0.